The Balaban J connectivity index is 2.57. The number of amides is 2. The Labute approximate surface area is 139 Å². The molecular weight excluding hydrogens is 290 g/mol. The van der Waals surface area contributed by atoms with Crippen LogP contribution in [0, 0.1) is 0 Å². The molecule has 128 valence electrons. The molecule has 0 aliphatic carbocycles. The van der Waals surface area contributed by atoms with Gasteiger partial charge in [0.1, 0.15) is 0 Å². The van der Waals surface area contributed by atoms with E-state index in [4.69, 9.17) is 0 Å². The summed E-state index contributed by atoms with van der Waals surface area (Å²) in [5.41, 5.74) is 1.53. The highest BCUT2D eigenvalue weighted by atomic mass is 16.2. The topological polar surface area (TPSA) is 61.4 Å². The smallest absolute Gasteiger partial charge is 0.253 e. The number of carbonyl (C=O) groups is 2. The number of anilines is 1. The van der Waals surface area contributed by atoms with Crippen LogP contribution in [0.2, 0.25) is 0 Å². The number of carbonyl (C=O) groups excluding carboxylic acids is 2. The molecule has 1 aromatic rings. The third-order valence-electron chi connectivity index (χ3n) is 3.43. The minimum Gasteiger partial charge on any atom is -0.376 e. The van der Waals surface area contributed by atoms with Crippen LogP contribution >= 0.6 is 0 Å². The highest BCUT2D eigenvalue weighted by molar-refractivity contribution is 5.94. The van der Waals surface area contributed by atoms with E-state index in [0.717, 1.165) is 38.0 Å². The Bertz CT molecular complexity index is 480. The third kappa shape index (κ3) is 6.72. The molecular formula is C18H29N3O2. The molecule has 0 fully saturated rings. The van der Waals surface area contributed by atoms with Crippen molar-refractivity contribution in [2.24, 2.45) is 0 Å². The third-order valence-corrected chi connectivity index (χ3v) is 3.43. The van der Waals surface area contributed by atoms with E-state index in [1.54, 1.807) is 0 Å². The zero-order chi connectivity index (χ0) is 17.1. The highest BCUT2D eigenvalue weighted by Gasteiger charge is 2.13. The van der Waals surface area contributed by atoms with Crippen molar-refractivity contribution >= 4 is 17.5 Å². The van der Waals surface area contributed by atoms with E-state index in [2.05, 4.69) is 24.5 Å². The SMILES string of the molecule is CCCNC(=O)CNc1ccc(C(=O)N(CCC)CCC)cc1. The van der Waals surface area contributed by atoms with Crippen LogP contribution in [0.1, 0.15) is 50.4 Å². The van der Waals surface area contributed by atoms with Crippen molar-refractivity contribution in [2.45, 2.75) is 40.0 Å². The first-order chi connectivity index (χ1) is 11.1. The summed E-state index contributed by atoms with van der Waals surface area (Å²) in [5, 5.41) is 5.88. The summed E-state index contributed by atoms with van der Waals surface area (Å²) in [6, 6.07) is 7.31. The number of hydrogen-bond donors (Lipinski definition) is 2. The molecule has 1 rings (SSSR count). The number of hydrogen-bond acceptors (Lipinski definition) is 3. The Morgan fingerprint density at radius 1 is 0.957 bits per heavy atom. The summed E-state index contributed by atoms with van der Waals surface area (Å²) in [6.45, 7) is 8.67. The molecule has 0 radical (unpaired) electrons. The van der Waals surface area contributed by atoms with Crippen molar-refractivity contribution < 1.29 is 9.59 Å². The fourth-order valence-electron chi connectivity index (χ4n) is 2.28. The molecule has 0 saturated carbocycles. The molecule has 0 spiro atoms. The summed E-state index contributed by atoms with van der Waals surface area (Å²) in [6.07, 6.45) is 2.84. The Morgan fingerprint density at radius 2 is 1.57 bits per heavy atom. The first kappa shape index (κ1) is 19.0. The van der Waals surface area contributed by atoms with E-state index in [1.165, 1.54) is 0 Å². The van der Waals surface area contributed by atoms with Gasteiger partial charge >= 0.3 is 0 Å². The van der Waals surface area contributed by atoms with Crippen LogP contribution in [0.25, 0.3) is 0 Å². The van der Waals surface area contributed by atoms with Crippen LogP contribution in [0.3, 0.4) is 0 Å². The minimum atomic E-state index is -0.0240. The van der Waals surface area contributed by atoms with Crippen molar-refractivity contribution in [1.82, 2.24) is 10.2 Å². The number of nitrogens with zero attached hydrogens (tertiary/aromatic N) is 1. The molecule has 0 bridgehead atoms. The van der Waals surface area contributed by atoms with Gasteiger partial charge in [-0.05, 0) is 43.5 Å². The van der Waals surface area contributed by atoms with Gasteiger partial charge in [0, 0.05) is 30.9 Å². The minimum absolute atomic E-state index is 0.0240. The van der Waals surface area contributed by atoms with Gasteiger partial charge < -0.3 is 15.5 Å². The van der Waals surface area contributed by atoms with Gasteiger partial charge in [0.2, 0.25) is 5.91 Å². The van der Waals surface area contributed by atoms with Gasteiger partial charge in [-0.2, -0.15) is 0 Å². The maximum Gasteiger partial charge on any atom is 0.253 e. The fraction of sp³-hybridized carbons (Fsp3) is 0.556. The van der Waals surface area contributed by atoms with Gasteiger partial charge in [-0.3, -0.25) is 9.59 Å². The maximum atomic E-state index is 12.5. The van der Waals surface area contributed by atoms with Crippen molar-refractivity contribution in [2.75, 3.05) is 31.5 Å². The second kappa shape index (κ2) is 10.6. The number of rotatable bonds is 10. The summed E-state index contributed by atoms with van der Waals surface area (Å²) >= 11 is 0. The molecule has 0 heterocycles. The predicted molar refractivity (Wildman–Crippen MR) is 94.7 cm³/mol. The van der Waals surface area contributed by atoms with Gasteiger partial charge in [0.25, 0.3) is 5.91 Å². The van der Waals surface area contributed by atoms with Crippen LogP contribution in [0.15, 0.2) is 24.3 Å². The lowest BCUT2D eigenvalue weighted by Gasteiger charge is -2.21. The van der Waals surface area contributed by atoms with E-state index in [1.807, 2.05) is 36.1 Å². The Hall–Kier alpha value is -2.04. The van der Waals surface area contributed by atoms with Crippen LogP contribution in [0.5, 0.6) is 0 Å². The summed E-state index contributed by atoms with van der Waals surface area (Å²) in [5.74, 6) is 0.0463. The second-order valence-electron chi connectivity index (χ2n) is 5.57. The molecule has 5 heteroatoms. The quantitative estimate of drug-likeness (QED) is 0.697. The molecule has 0 atom stereocenters. The monoisotopic (exact) mass is 319 g/mol. The highest BCUT2D eigenvalue weighted by Crippen LogP contribution is 2.12. The molecule has 1 aromatic carbocycles. The normalized spacial score (nSPS) is 10.2. The van der Waals surface area contributed by atoms with Crippen LogP contribution in [-0.2, 0) is 4.79 Å². The molecule has 5 nitrogen and oxygen atoms in total. The molecule has 23 heavy (non-hydrogen) atoms. The zero-order valence-electron chi connectivity index (χ0n) is 14.5. The number of benzene rings is 1. The molecule has 0 saturated heterocycles. The van der Waals surface area contributed by atoms with Gasteiger partial charge in [0.15, 0.2) is 0 Å². The summed E-state index contributed by atoms with van der Waals surface area (Å²) < 4.78 is 0. The van der Waals surface area contributed by atoms with Gasteiger partial charge in [-0.1, -0.05) is 20.8 Å². The number of nitrogens with one attached hydrogen (secondary N) is 2. The standard InChI is InChI=1S/C18H29N3O2/c1-4-11-19-17(22)14-20-16-9-7-15(8-10-16)18(23)21(12-5-2)13-6-3/h7-10,20H,4-6,11-14H2,1-3H3,(H,19,22). The summed E-state index contributed by atoms with van der Waals surface area (Å²) in [7, 11) is 0. The molecule has 0 unspecified atom stereocenters. The predicted octanol–water partition coefficient (Wildman–Crippen LogP) is 2.89. The van der Waals surface area contributed by atoms with Crippen molar-refractivity contribution in [1.29, 1.82) is 0 Å². The lowest BCUT2D eigenvalue weighted by Crippen LogP contribution is -2.32. The van der Waals surface area contributed by atoms with E-state index < -0.39 is 0 Å². The van der Waals surface area contributed by atoms with E-state index in [-0.39, 0.29) is 18.4 Å². The van der Waals surface area contributed by atoms with E-state index in [0.29, 0.717) is 12.1 Å². The van der Waals surface area contributed by atoms with Crippen molar-refractivity contribution in [3.8, 4) is 0 Å². The van der Waals surface area contributed by atoms with Crippen LogP contribution in [0.4, 0.5) is 5.69 Å². The first-order valence-electron chi connectivity index (χ1n) is 8.52. The average Bonchev–Trinajstić information content (AvgIpc) is 2.57. The van der Waals surface area contributed by atoms with Gasteiger partial charge in [-0.25, -0.2) is 0 Å². The van der Waals surface area contributed by atoms with Crippen molar-refractivity contribution in [3.63, 3.8) is 0 Å². The second-order valence-corrected chi connectivity index (χ2v) is 5.57. The van der Waals surface area contributed by atoms with E-state index >= 15 is 0 Å². The zero-order valence-corrected chi connectivity index (χ0v) is 14.5. The lowest BCUT2D eigenvalue weighted by atomic mass is 10.1. The molecule has 2 N–H and O–H groups in total. The fourth-order valence-corrected chi connectivity index (χ4v) is 2.28. The van der Waals surface area contributed by atoms with Gasteiger partial charge in [0.05, 0.1) is 6.54 Å². The van der Waals surface area contributed by atoms with Crippen LogP contribution < -0.4 is 10.6 Å². The molecule has 0 aromatic heterocycles. The average molecular weight is 319 g/mol. The Kier molecular flexibility index (Phi) is 8.80. The van der Waals surface area contributed by atoms with Crippen LogP contribution in [-0.4, -0.2) is 42.9 Å². The maximum absolute atomic E-state index is 12.5. The summed E-state index contributed by atoms with van der Waals surface area (Å²) in [4.78, 5) is 25.9. The Morgan fingerprint density at radius 3 is 2.09 bits per heavy atom. The van der Waals surface area contributed by atoms with Gasteiger partial charge in [-0.15, -0.1) is 0 Å². The first-order valence-corrected chi connectivity index (χ1v) is 8.52. The van der Waals surface area contributed by atoms with Crippen molar-refractivity contribution in [3.05, 3.63) is 29.8 Å². The molecule has 0 aliphatic heterocycles. The molecule has 0 aliphatic rings. The van der Waals surface area contributed by atoms with E-state index in [9.17, 15) is 9.59 Å². The largest absolute Gasteiger partial charge is 0.376 e. The lowest BCUT2D eigenvalue weighted by molar-refractivity contribution is -0.119. The molecule has 2 amide bonds.